The summed E-state index contributed by atoms with van der Waals surface area (Å²) in [7, 11) is 1.62. The van der Waals surface area contributed by atoms with E-state index in [1.165, 1.54) is 11.3 Å². The Morgan fingerprint density at radius 1 is 1.37 bits per heavy atom. The molecule has 1 aromatic carbocycles. The number of rotatable bonds is 8. The monoisotopic (exact) mass is 426 g/mol. The standard InChI is InChI=1S/C23H26N2O4S/c1-3-25-23(27)29-18-9-10-19-20(14-24)21(30-22(19)13-18)12-16(26)8-7-15-5-4-6-17(11-15)28-2/h4-6,11,18H,3,7-10,12-13H2,1-2H3,(H,25,27). The van der Waals surface area contributed by atoms with Gasteiger partial charge in [0, 0.05) is 35.6 Å². The minimum Gasteiger partial charge on any atom is -0.497 e. The van der Waals surface area contributed by atoms with Crippen molar-refractivity contribution in [3.8, 4) is 11.8 Å². The predicted molar refractivity (Wildman–Crippen MR) is 115 cm³/mol. The number of methoxy groups -OCH3 is 1. The molecule has 0 spiro atoms. The van der Waals surface area contributed by atoms with Crippen LogP contribution in [0.4, 0.5) is 4.79 Å². The molecule has 0 aliphatic heterocycles. The molecular weight excluding hydrogens is 400 g/mol. The number of amides is 1. The van der Waals surface area contributed by atoms with E-state index in [1.807, 2.05) is 31.2 Å². The lowest BCUT2D eigenvalue weighted by Gasteiger charge is -2.22. The second-order valence-corrected chi connectivity index (χ2v) is 8.47. The van der Waals surface area contributed by atoms with Gasteiger partial charge in [0.15, 0.2) is 0 Å². The molecule has 1 unspecified atom stereocenters. The van der Waals surface area contributed by atoms with Crippen molar-refractivity contribution in [1.82, 2.24) is 5.32 Å². The van der Waals surface area contributed by atoms with Gasteiger partial charge in [-0.2, -0.15) is 5.26 Å². The average Bonchev–Trinajstić information content (AvgIpc) is 3.08. The SMILES string of the molecule is CCNC(=O)OC1CCc2c(sc(CC(=O)CCc3cccc(OC)c3)c2C#N)C1. The second kappa shape index (κ2) is 10.3. The molecular formula is C23H26N2O4S. The fourth-order valence-corrected chi connectivity index (χ4v) is 5.08. The van der Waals surface area contributed by atoms with Crippen molar-refractivity contribution in [2.24, 2.45) is 0 Å². The summed E-state index contributed by atoms with van der Waals surface area (Å²) in [4.78, 5) is 26.2. The van der Waals surface area contributed by atoms with Gasteiger partial charge >= 0.3 is 6.09 Å². The van der Waals surface area contributed by atoms with Crippen molar-refractivity contribution < 1.29 is 19.1 Å². The van der Waals surface area contributed by atoms with Crippen LogP contribution >= 0.6 is 11.3 Å². The van der Waals surface area contributed by atoms with E-state index in [9.17, 15) is 14.9 Å². The van der Waals surface area contributed by atoms with E-state index in [1.54, 1.807) is 7.11 Å². The summed E-state index contributed by atoms with van der Waals surface area (Å²) in [6.45, 7) is 2.37. The molecule has 0 saturated heterocycles. The minimum atomic E-state index is -0.407. The largest absolute Gasteiger partial charge is 0.497 e. The van der Waals surface area contributed by atoms with Gasteiger partial charge in [-0.15, -0.1) is 11.3 Å². The van der Waals surface area contributed by atoms with Gasteiger partial charge in [-0.25, -0.2) is 4.79 Å². The van der Waals surface area contributed by atoms with E-state index in [-0.39, 0.29) is 18.3 Å². The average molecular weight is 427 g/mol. The summed E-state index contributed by atoms with van der Waals surface area (Å²) >= 11 is 1.51. The number of nitriles is 1. The van der Waals surface area contributed by atoms with E-state index < -0.39 is 6.09 Å². The normalized spacial score (nSPS) is 15.0. The van der Waals surface area contributed by atoms with Crippen LogP contribution in [0.3, 0.4) is 0 Å². The quantitative estimate of drug-likeness (QED) is 0.690. The third-order valence-corrected chi connectivity index (χ3v) is 6.44. The number of carbonyl (C=O) groups excluding carboxylic acids is 2. The van der Waals surface area contributed by atoms with Crippen LogP contribution in [0.2, 0.25) is 0 Å². The second-order valence-electron chi connectivity index (χ2n) is 7.28. The summed E-state index contributed by atoms with van der Waals surface area (Å²) in [5, 5.41) is 12.3. The highest BCUT2D eigenvalue weighted by Crippen LogP contribution is 2.35. The number of thiophene rings is 1. The maximum atomic E-state index is 12.6. The molecule has 1 aliphatic rings. The van der Waals surface area contributed by atoms with Gasteiger partial charge in [-0.3, -0.25) is 4.79 Å². The molecule has 1 heterocycles. The van der Waals surface area contributed by atoms with Crippen LogP contribution in [0.25, 0.3) is 0 Å². The first-order valence-electron chi connectivity index (χ1n) is 10.2. The summed E-state index contributed by atoms with van der Waals surface area (Å²) in [6, 6.07) is 10.0. The Morgan fingerprint density at radius 3 is 2.93 bits per heavy atom. The fourth-order valence-electron chi connectivity index (χ4n) is 3.68. The molecule has 1 N–H and O–H groups in total. The molecule has 6 nitrogen and oxygen atoms in total. The van der Waals surface area contributed by atoms with E-state index in [4.69, 9.17) is 9.47 Å². The van der Waals surface area contributed by atoms with E-state index in [0.29, 0.717) is 44.2 Å². The van der Waals surface area contributed by atoms with Gasteiger partial charge in [-0.1, -0.05) is 12.1 Å². The lowest BCUT2D eigenvalue weighted by molar-refractivity contribution is -0.118. The summed E-state index contributed by atoms with van der Waals surface area (Å²) in [5.74, 6) is 0.894. The minimum absolute atomic E-state index is 0.114. The van der Waals surface area contributed by atoms with Crippen molar-refractivity contribution in [2.45, 2.75) is 51.6 Å². The Hall–Kier alpha value is -2.85. The van der Waals surface area contributed by atoms with Gasteiger partial charge in [0.1, 0.15) is 23.7 Å². The van der Waals surface area contributed by atoms with Gasteiger partial charge < -0.3 is 14.8 Å². The number of benzene rings is 1. The first-order valence-corrected chi connectivity index (χ1v) is 11.0. The number of ether oxygens (including phenoxy) is 2. The molecule has 2 aromatic rings. The summed E-state index contributed by atoms with van der Waals surface area (Å²) in [5.41, 5.74) is 2.72. The fraction of sp³-hybridized carbons (Fsp3) is 0.435. The zero-order valence-electron chi connectivity index (χ0n) is 17.3. The number of alkyl carbamates (subject to hydrolysis) is 1. The maximum Gasteiger partial charge on any atom is 0.407 e. The number of carbonyl (C=O) groups is 2. The number of hydrogen-bond acceptors (Lipinski definition) is 6. The maximum absolute atomic E-state index is 12.6. The highest BCUT2D eigenvalue weighted by Gasteiger charge is 2.28. The third kappa shape index (κ3) is 5.39. The molecule has 0 radical (unpaired) electrons. The van der Waals surface area contributed by atoms with E-state index in [0.717, 1.165) is 26.6 Å². The molecule has 7 heteroatoms. The number of fused-ring (bicyclic) bond motifs is 1. The van der Waals surface area contributed by atoms with Crippen molar-refractivity contribution in [3.05, 3.63) is 50.7 Å². The van der Waals surface area contributed by atoms with Gasteiger partial charge in [0.25, 0.3) is 0 Å². The van der Waals surface area contributed by atoms with Gasteiger partial charge in [0.2, 0.25) is 0 Å². The van der Waals surface area contributed by atoms with E-state index >= 15 is 0 Å². The third-order valence-electron chi connectivity index (χ3n) is 5.18. The summed E-state index contributed by atoms with van der Waals surface area (Å²) < 4.78 is 10.7. The lowest BCUT2D eigenvalue weighted by atomic mass is 9.92. The Morgan fingerprint density at radius 2 is 2.20 bits per heavy atom. The van der Waals surface area contributed by atoms with Crippen LogP contribution in [0.1, 0.15) is 46.2 Å². The Kier molecular flexibility index (Phi) is 7.47. The van der Waals surface area contributed by atoms with Crippen LogP contribution in [-0.2, 0) is 35.2 Å². The van der Waals surface area contributed by atoms with Crippen molar-refractivity contribution in [1.29, 1.82) is 5.26 Å². The lowest BCUT2D eigenvalue weighted by Crippen LogP contribution is -2.31. The van der Waals surface area contributed by atoms with Gasteiger partial charge in [0.05, 0.1) is 12.7 Å². The first kappa shape index (κ1) is 21.8. The molecule has 1 aromatic heterocycles. The number of ketones is 1. The number of aryl methyl sites for hydroxylation is 1. The van der Waals surface area contributed by atoms with Crippen molar-refractivity contribution in [3.63, 3.8) is 0 Å². The summed E-state index contributed by atoms with van der Waals surface area (Å²) in [6.07, 6.45) is 2.72. The smallest absolute Gasteiger partial charge is 0.407 e. The molecule has 0 saturated carbocycles. The Bertz CT molecular complexity index is 961. The molecule has 0 bridgehead atoms. The zero-order valence-corrected chi connectivity index (χ0v) is 18.1. The zero-order chi connectivity index (χ0) is 21.5. The molecule has 1 atom stereocenters. The number of nitrogens with one attached hydrogen (secondary N) is 1. The van der Waals surface area contributed by atoms with E-state index in [2.05, 4.69) is 11.4 Å². The first-order chi connectivity index (χ1) is 14.5. The van der Waals surface area contributed by atoms with Crippen molar-refractivity contribution in [2.75, 3.05) is 13.7 Å². The number of nitrogens with zero attached hydrogens (tertiary/aromatic N) is 1. The van der Waals surface area contributed by atoms with Crippen LogP contribution in [0, 0.1) is 11.3 Å². The molecule has 1 amide bonds. The van der Waals surface area contributed by atoms with Crippen molar-refractivity contribution >= 4 is 23.2 Å². The number of hydrogen-bond donors (Lipinski definition) is 1. The molecule has 30 heavy (non-hydrogen) atoms. The van der Waals surface area contributed by atoms with Crippen LogP contribution in [0.5, 0.6) is 5.75 Å². The Labute approximate surface area is 180 Å². The van der Waals surface area contributed by atoms with Crippen LogP contribution in [-0.4, -0.2) is 31.6 Å². The molecule has 158 valence electrons. The predicted octanol–water partition coefficient (Wildman–Crippen LogP) is 3.98. The molecule has 0 fully saturated rings. The van der Waals surface area contributed by atoms with Crippen LogP contribution < -0.4 is 10.1 Å². The number of Topliss-reactive ketones (excluding diaryl/α,β-unsaturated/α-hetero) is 1. The molecule has 3 rings (SSSR count). The Balaban J connectivity index is 1.63. The highest BCUT2D eigenvalue weighted by molar-refractivity contribution is 7.12. The van der Waals surface area contributed by atoms with Crippen LogP contribution in [0.15, 0.2) is 24.3 Å². The molecule has 1 aliphatic carbocycles. The van der Waals surface area contributed by atoms with Gasteiger partial charge in [-0.05, 0) is 49.4 Å². The topological polar surface area (TPSA) is 88.4 Å². The highest BCUT2D eigenvalue weighted by atomic mass is 32.1.